The summed E-state index contributed by atoms with van der Waals surface area (Å²) in [7, 11) is -1.85. The lowest BCUT2D eigenvalue weighted by Crippen LogP contribution is -2.31. The zero-order chi connectivity index (χ0) is 16.0. The Bertz CT molecular complexity index is 926. The summed E-state index contributed by atoms with van der Waals surface area (Å²) in [6.07, 6.45) is 4.60. The van der Waals surface area contributed by atoms with Gasteiger partial charge in [-0.1, -0.05) is 12.1 Å². The molecule has 0 spiro atoms. The molecule has 0 bridgehead atoms. The van der Waals surface area contributed by atoms with Crippen LogP contribution in [-0.2, 0) is 17.1 Å². The van der Waals surface area contributed by atoms with Crippen molar-refractivity contribution in [3.8, 4) is 0 Å². The zero-order valence-electron chi connectivity index (χ0n) is 12.7. The molecule has 1 fully saturated rings. The van der Waals surface area contributed by atoms with E-state index in [4.69, 9.17) is 0 Å². The van der Waals surface area contributed by atoms with Gasteiger partial charge in [-0.25, -0.2) is 18.4 Å². The van der Waals surface area contributed by atoms with Crippen molar-refractivity contribution >= 4 is 21.1 Å². The van der Waals surface area contributed by atoms with Crippen LogP contribution in [-0.4, -0.2) is 38.8 Å². The number of benzene rings is 1. The minimum absolute atomic E-state index is 0.0861. The molecule has 3 aromatic rings. The minimum Gasteiger partial charge on any atom is -0.341 e. The van der Waals surface area contributed by atoms with Gasteiger partial charge in [-0.3, -0.25) is 0 Å². The van der Waals surface area contributed by atoms with E-state index >= 15 is 0 Å². The second-order valence-corrected chi connectivity index (χ2v) is 7.63. The molecule has 120 valence electrons. The highest BCUT2D eigenvalue weighted by molar-refractivity contribution is 7.89. The Balaban J connectivity index is 1.74. The molecule has 8 heteroatoms. The number of H-pyrrole nitrogens is 1. The SMILES string of the molecule is Cn1cnc(S(=O)(=O)N2CCCC2c2nc3ccccc3[nH]2)c1. The highest BCUT2D eigenvalue weighted by atomic mass is 32.2. The monoisotopic (exact) mass is 331 g/mol. The van der Waals surface area contributed by atoms with Crippen LogP contribution in [0, 0.1) is 0 Å². The van der Waals surface area contributed by atoms with Crippen molar-refractivity contribution < 1.29 is 8.42 Å². The number of aromatic amines is 1. The molecule has 1 unspecified atom stereocenters. The summed E-state index contributed by atoms with van der Waals surface area (Å²) in [5, 5.41) is 0.0861. The van der Waals surface area contributed by atoms with Gasteiger partial charge in [-0.05, 0) is 25.0 Å². The molecule has 7 nitrogen and oxygen atoms in total. The number of sulfonamides is 1. The van der Waals surface area contributed by atoms with Crippen molar-refractivity contribution in [2.24, 2.45) is 7.05 Å². The predicted octanol–water partition coefficient (Wildman–Crippen LogP) is 1.82. The number of nitrogens with zero attached hydrogens (tertiary/aromatic N) is 4. The molecule has 0 aliphatic carbocycles. The number of hydrogen-bond donors (Lipinski definition) is 1. The Hall–Kier alpha value is -2.19. The molecule has 23 heavy (non-hydrogen) atoms. The van der Waals surface area contributed by atoms with E-state index in [0.29, 0.717) is 12.4 Å². The van der Waals surface area contributed by atoms with Gasteiger partial charge in [0, 0.05) is 19.8 Å². The van der Waals surface area contributed by atoms with E-state index in [0.717, 1.165) is 23.9 Å². The van der Waals surface area contributed by atoms with Gasteiger partial charge >= 0.3 is 0 Å². The van der Waals surface area contributed by atoms with Gasteiger partial charge in [0.2, 0.25) is 0 Å². The number of nitrogens with one attached hydrogen (secondary N) is 1. The van der Waals surface area contributed by atoms with Gasteiger partial charge < -0.3 is 9.55 Å². The normalized spacial score (nSPS) is 19.6. The standard InChI is InChI=1S/C15H17N5O2S/c1-19-9-14(16-10-19)23(21,22)20-8-4-7-13(20)15-17-11-5-2-3-6-12(11)18-15/h2-3,5-6,9-10,13H,4,7-8H2,1H3,(H,17,18). The van der Waals surface area contributed by atoms with E-state index in [1.54, 1.807) is 11.6 Å². The fourth-order valence-corrected chi connectivity index (χ4v) is 4.70. The average Bonchev–Trinajstić information content (AvgIpc) is 3.25. The van der Waals surface area contributed by atoms with Gasteiger partial charge in [0.1, 0.15) is 5.82 Å². The first-order valence-corrected chi connectivity index (χ1v) is 8.94. The highest BCUT2D eigenvalue weighted by Gasteiger charge is 2.38. The number of fused-ring (bicyclic) bond motifs is 1. The molecule has 1 aromatic carbocycles. The van der Waals surface area contributed by atoms with E-state index in [2.05, 4.69) is 15.0 Å². The largest absolute Gasteiger partial charge is 0.341 e. The molecule has 1 aliphatic rings. The second kappa shape index (κ2) is 5.17. The third-order valence-corrected chi connectivity index (χ3v) is 5.98. The van der Waals surface area contributed by atoms with Crippen LogP contribution < -0.4 is 0 Å². The molecular formula is C15H17N5O2S. The van der Waals surface area contributed by atoms with Crippen LogP contribution in [0.25, 0.3) is 11.0 Å². The van der Waals surface area contributed by atoms with Crippen LogP contribution in [0.3, 0.4) is 0 Å². The van der Waals surface area contributed by atoms with E-state index < -0.39 is 10.0 Å². The van der Waals surface area contributed by atoms with Crippen molar-refractivity contribution in [3.05, 3.63) is 42.6 Å². The fraction of sp³-hybridized carbons (Fsp3) is 0.333. The van der Waals surface area contributed by atoms with Crippen molar-refractivity contribution in [2.45, 2.75) is 23.9 Å². The first-order valence-electron chi connectivity index (χ1n) is 7.50. The number of hydrogen-bond acceptors (Lipinski definition) is 4. The summed E-state index contributed by atoms with van der Waals surface area (Å²) < 4.78 is 28.9. The Morgan fingerprint density at radius 2 is 2.13 bits per heavy atom. The average molecular weight is 331 g/mol. The van der Waals surface area contributed by atoms with E-state index in [1.807, 2.05) is 24.3 Å². The predicted molar refractivity (Wildman–Crippen MR) is 85.2 cm³/mol. The first kappa shape index (κ1) is 14.4. The number of aromatic nitrogens is 4. The molecule has 3 heterocycles. The smallest absolute Gasteiger partial charge is 0.262 e. The van der Waals surface area contributed by atoms with Crippen LogP contribution >= 0.6 is 0 Å². The van der Waals surface area contributed by atoms with Crippen LogP contribution in [0.4, 0.5) is 0 Å². The Morgan fingerprint density at radius 3 is 2.87 bits per heavy atom. The zero-order valence-corrected chi connectivity index (χ0v) is 13.5. The van der Waals surface area contributed by atoms with E-state index in [-0.39, 0.29) is 11.1 Å². The van der Waals surface area contributed by atoms with Crippen LogP contribution in [0.5, 0.6) is 0 Å². The van der Waals surface area contributed by atoms with Crippen molar-refractivity contribution in [2.75, 3.05) is 6.54 Å². The molecule has 1 atom stereocenters. The number of aryl methyl sites for hydroxylation is 1. The molecule has 0 radical (unpaired) electrons. The van der Waals surface area contributed by atoms with Gasteiger partial charge in [0.05, 0.1) is 23.4 Å². The first-order chi connectivity index (χ1) is 11.1. The highest BCUT2D eigenvalue weighted by Crippen LogP contribution is 2.35. The maximum atomic E-state index is 12.9. The molecule has 1 N–H and O–H groups in total. The van der Waals surface area contributed by atoms with Crippen molar-refractivity contribution in [1.82, 2.24) is 23.8 Å². The summed E-state index contributed by atoms with van der Waals surface area (Å²) in [5.41, 5.74) is 1.77. The lowest BCUT2D eigenvalue weighted by atomic mass is 10.2. The molecule has 0 amide bonds. The molecule has 1 saturated heterocycles. The van der Waals surface area contributed by atoms with Crippen LogP contribution in [0.2, 0.25) is 0 Å². The Kier molecular flexibility index (Phi) is 3.24. The van der Waals surface area contributed by atoms with Crippen molar-refractivity contribution in [3.63, 3.8) is 0 Å². The molecular weight excluding hydrogens is 314 g/mol. The number of imidazole rings is 2. The summed E-state index contributed by atoms with van der Waals surface area (Å²) in [6.45, 7) is 0.487. The van der Waals surface area contributed by atoms with Crippen molar-refractivity contribution in [1.29, 1.82) is 0 Å². The van der Waals surface area contributed by atoms with Gasteiger partial charge in [0.25, 0.3) is 10.0 Å². The van der Waals surface area contributed by atoms with Crippen LogP contribution in [0.1, 0.15) is 24.7 Å². The third-order valence-electron chi connectivity index (χ3n) is 4.18. The van der Waals surface area contributed by atoms with E-state index in [1.165, 1.54) is 16.8 Å². The lowest BCUT2D eigenvalue weighted by Gasteiger charge is -2.21. The van der Waals surface area contributed by atoms with Gasteiger partial charge in [-0.15, -0.1) is 0 Å². The fourth-order valence-electron chi connectivity index (χ4n) is 3.07. The summed E-state index contributed by atoms with van der Waals surface area (Å²) >= 11 is 0. The molecule has 1 aliphatic heterocycles. The lowest BCUT2D eigenvalue weighted by molar-refractivity contribution is 0.384. The van der Waals surface area contributed by atoms with Gasteiger partial charge in [-0.2, -0.15) is 4.31 Å². The second-order valence-electron chi connectivity index (χ2n) is 5.79. The Labute approximate surface area is 134 Å². The van der Waals surface area contributed by atoms with Crippen LogP contribution in [0.15, 0.2) is 41.8 Å². The molecule has 0 saturated carbocycles. The summed E-state index contributed by atoms with van der Waals surface area (Å²) in [6, 6.07) is 7.44. The number of para-hydroxylation sites is 2. The summed E-state index contributed by atoms with van der Waals surface area (Å²) in [5.74, 6) is 0.697. The minimum atomic E-state index is -3.61. The van der Waals surface area contributed by atoms with Gasteiger partial charge in [0.15, 0.2) is 5.03 Å². The third kappa shape index (κ3) is 2.34. The summed E-state index contributed by atoms with van der Waals surface area (Å²) in [4.78, 5) is 11.8. The maximum absolute atomic E-state index is 12.9. The maximum Gasteiger partial charge on any atom is 0.262 e. The molecule has 2 aromatic heterocycles. The molecule has 4 rings (SSSR count). The Morgan fingerprint density at radius 1 is 1.30 bits per heavy atom. The van der Waals surface area contributed by atoms with E-state index in [9.17, 15) is 8.42 Å². The quantitative estimate of drug-likeness (QED) is 0.793. The number of rotatable bonds is 3. The topological polar surface area (TPSA) is 83.9 Å².